The second-order valence-electron chi connectivity index (χ2n) is 4.52. The molecule has 0 radical (unpaired) electrons. The molecule has 0 spiro atoms. The van der Waals surface area contributed by atoms with E-state index in [9.17, 15) is 4.79 Å². The Kier molecular flexibility index (Phi) is 5.70. The molecule has 3 nitrogen and oxygen atoms in total. The van der Waals surface area contributed by atoms with Crippen molar-refractivity contribution >= 4 is 5.91 Å². The van der Waals surface area contributed by atoms with E-state index < -0.39 is 0 Å². The average Bonchev–Trinajstić information content (AvgIpc) is 2.29. The molecule has 17 heavy (non-hydrogen) atoms. The van der Waals surface area contributed by atoms with Crippen LogP contribution in [-0.2, 0) is 11.2 Å². The molecule has 0 fully saturated rings. The molecular formula is C14H21NO2. The van der Waals surface area contributed by atoms with E-state index in [1.54, 1.807) is 6.92 Å². The number of carbonyl (C=O) groups is 1. The van der Waals surface area contributed by atoms with Crippen molar-refractivity contribution in [3.63, 3.8) is 0 Å². The highest BCUT2D eigenvalue weighted by atomic mass is 16.3. The van der Waals surface area contributed by atoms with Crippen LogP contribution < -0.4 is 5.32 Å². The molecule has 1 aromatic carbocycles. The summed E-state index contributed by atoms with van der Waals surface area (Å²) in [6.45, 7) is 4.18. The van der Waals surface area contributed by atoms with Crippen LogP contribution in [0.25, 0.3) is 0 Å². The topological polar surface area (TPSA) is 49.3 Å². The van der Waals surface area contributed by atoms with Crippen LogP contribution in [0, 0.1) is 5.92 Å². The molecule has 0 aliphatic rings. The van der Waals surface area contributed by atoms with Gasteiger partial charge in [0.1, 0.15) is 0 Å². The summed E-state index contributed by atoms with van der Waals surface area (Å²) in [5.74, 6) is 0.0147. The van der Waals surface area contributed by atoms with Crippen LogP contribution in [0.2, 0.25) is 0 Å². The van der Waals surface area contributed by atoms with Crippen LogP contribution in [-0.4, -0.2) is 23.7 Å². The largest absolute Gasteiger partial charge is 0.393 e. The minimum absolute atomic E-state index is 0.0357. The van der Waals surface area contributed by atoms with Gasteiger partial charge in [-0.05, 0) is 25.3 Å². The Hall–Kier alpha value is -1.35. The molecule has 1 aromatic rings. The first-order chi connectivity index (χ1) is 8.09. The minimum atomic E-state index is -0.361. The number of rotatable bonds is 6. The summed E-state index contributed by atoms with van der Waals surface area (Å²) in [6, 6.07) is 9.98. The Morgan fingerprint density at radius 2 is 1.94 bits per heavy atom. The van der Waals surface area contributed by atoms with Gasteiger partial charge in [-0.2, -0.15) is 0 Å². The van der Waals surface area contributed by atoms with E-state index in [0.717, 1.165) is 6.42 Å². The molecule has 94 valence electrons. The molecule has 2 N–H and O–H groups in total. The SMILES string of the molecule is CC(O)CCNC(=O)C(C)Cc1ccccc1. The van der Waals surface area contributed by atoms with Gasteiger partial charge in [0.05, 0.1) is 6.10 Å². The second-order valence-corrected chi connectivity index (χ2v) is 4.52. The number of carbonyl (C=O) groups excluding carboxylic acids is 1. The highest BCUT2D eigenvalue weighted by molar-refractivity contribution is 5.78. The number of hydrogen-bond acceptors (Lipinski definition) is 2. The molecule has 0 aromatic heterocycles. The van der Waals surface area contributed by atoms with Gasteiger partial charge in [-0.25, -0.2) is 0 Å². The van der Waals surface area contributed by atoms with Crippen molar-refractivity contribution in [3.05, 3.63) is 35.9 Å². The molecule has 0 saturated carbocycles. The summed E-state index contributed by atoms with van der Waals surface area (Å²) in [5, 5.41) is 11.9. The monoisotopic (exact) mass is 235 g/mol. The Bertz CT molecular complexity index is 335. The van der Waals surface area contributed by atoms with Crippen molar-refractivity contribution in [1.82, 2.24) is 5.32 Å². The third-order valence-corrected chi connectivity index (χ3v) is 2.69. The van der Waals surface area contributed by atoms with Crippen LogP contribution in [0.5, 0.6) is 0 Å². The molecule has 1 amide bonds. The molecular weight excluding hydrogens is 214 g/mol. The maximum Gasteiger partial charge on any atom is 0.223 e. The summed E-state index contributed by atoms with van der Waals surface area (Å²) >= 11 is 0. The molecule has 0 heterocycles. The zero-order valence-electron chi connectivity index (χ0n) is 10.5. The lowest BCUT2D eigenvalue weighted by Gasteiger charge is -2.12. The first-order valence-corrected chi connectivity index (χ1v) is 6.09. The van der Waals surface area contributed by atoms with E-state index in [-0.39, 0.29) is 17.9 Å². The molecule has 2 unspecified atom stereocenters. The number of nitrogens with one attached hydrogen (secondary N) is 1. The van der Waals surface area contributed by atoms with E-state index in [4.69, 9.17) is 5.11 Å². The van der Waals surface area contributed by atoms with E-state index in [1.807, 2.05) is 37.3 Å². The number of hydrogen-bond donors (Lipinski definition) is 2. The highest BCUT2D eigenvalue weighted by Crippen LogP contribution is 2.08. The summed E-state index contributed by atoms with van der Waals surface area (Å²) < 4.78 is 0. The van der Waals surface area contributed by atoms with Gasteiger partial charge < -0.3 is 10.4 Å². The predicted molar refractivity (Wildman–Crippen MR) is 68.6 cm³/mol. The Balaban J connectivity index is 2.32. The van der Waals surface area contributed by atoms with E-state index in [2.05, 4.69) is 5.32 Å². The lowest BCUT2D eigenvalue weighted by molar-refractivity contribution is -0.124. The smallest absolute Gasteiger partial charge is 0.223 e. The van der Waals surface area contributed by atoms with Gasteiger partial charge in [0, 0.05) is 12.5 Å². The maximum absolute atomic E-state index is 11.7. The normalized spacial score (nSPS) is 14.1. The first-order valence-electron chi connectivity index (χ1n) is 6.09. The van der Waals surface area contributed by atoms with E-state index in [1.165, 1.54) is 5.56 Å². The van der Waals surface area contributed by atoms with Crippen molar-refractivity contribution in [2.75, 3.05) is 6.54 Å². The zero-order valence-corrected chi connectivity index (χ0v) is 10.5. The first kappa shape index (κ1) is 13.7. The minimum Gasteiger partial charge on any atom is -0.393 e. The van der Waals surface area contributed by atoms with Gasteiger partial charge in [0.2, 0.25) is 5.91 Å². The van der Waals surface area contributed by atoms with Gasteiger partial charge >= 0.3 is 0 Å². The number of aliphatic hydroxyl groups is 1. The summed E-state index contributed by atoms with van der Waals surface area (Å²) in [7, 11) is 0. The van der Waals surface area contributed by atoms with Crippen molar-refractivity contribution in [1.29, 1.82) is 0 Å². The molecule has 1 rings (SSSR count). The highest BCUT2D eigenvalue weighted by Gasteiger charge is 2.12. The molecule has 3 heteroatoms. The Morgan fingerprint density at radius 3 is 2.53 bits per heavy atom. The molecule has 0 saturated heterocycles. The maximum atomic E-state index is 11.7. The number of amides is 1. The molecule has 0 bridgehead atoms. The fourth-order valence-electron chi connectivity index (χ4n) is 1.64. The van der Waals surface area contributed by atoms with Gasteiger partial charge in [-0.15, -0.1) is 0 Å². The molecule has 0 aliphatic carbocycles. The number of benzene rings is 1. The zero-order chi connectivity index (χ0) is 12.7. The predicted octanol–water partition coefficient (Wildman–Crippen LogP) is 1.75. The van der Waals surface area contributed by atoms with Crippen molar-refractivity contribution in [3.8, 4) is 0 Å². The van der Waals surface area contributed by atoms with E-state index >= 15 is 0 Å². The third kappa shape index (κ3) is 5.50. The van der Waals surface area contributed by atoms with Crippen molar-refractivity contribution in [2.45, 2.75) is 32.8 Å². The fourth-order valence-corrected chi connectivity index (χ4v) is 1.64. The van der Waals surface area contributed by atoms with Crippen LogP contribution >= 0.6 is 0 Å². The quantitative estimate of drug-likeness (QED) is 0.789. The van der Waals surface area contributed by atoms with Crippen LogP contribution in [0.15, 0.2) is 30.3 Å². The second kappa shape index (κ2) is 7.07. The summed E-state index contributed by atoms with van der Waals surface area (Å²) in [4.78, 5) is 11.7. The summed E-state index contributed by atoms with van der Waals surface area (Å²) in [5.41, 5.74) is 1.17. The van der Waals surface area contributed by atoms with E-state index in [0.29, 0.717) is 13.0 Å². The van der Waals surface area contributed by atoms with Crippen molar-refractivity contribution < 1.29 is 9.90 Å². The Morgan fingerprint density at radius 1 is 1.29 bits per heavy atom. The number of aliphatic hydroxyl groups excluding tert-OH is 1. The molecule has 2 atom stereocenters. The van der Waals surface area contributed by atoms with Gasteiger partial charge in [0.25, 0.3) is 0 Å². The third-order valence-electron chi connectivity index (χ3n) is 2.69. The Labute approximate surface area is 103 Å². The van der Waals surface area contributed by atoms with Gasteiger partial charge in [-0.3, -0.25) is 4.79 Å². The average molecular weight is 235 g/mol. The van der Waals surface area contributed by atoms with Crippen LogP contribution in [0.1, 0.15) is 25.8 Å². The van der Waals surface area contributed by atoms with Crippen LogP contribution in [0.3, 0.4) is 0 Å². The summed E-state index contributed by atoms with van der Waals surface area (Å²) in [6.07, 6.45) is 0.991. The van der Waals surface area contributed by atoms with Crippen molar-refractivity contribution in [2.24, 2.45) is 5.92 Å². The van der Waals surface area contributed by atoms with Gasteiger partial charge in [0.15, 0.2) is 0 Å². The van der Waals surface area contributed by atoms with Gasteiger partial charge in [-0.1, -0.05) is 37.3 Å². The lowest BCUT2D eigenvalue weighted by atomic mass is 10.0. The standard InChI is InChI=1S/C14H21NO2/c1-11(10-13-6-4-3-5-7-13)14(17)15-9-8-12(2)16/h3-7,11-12,16H,8-10H2,1-2H3,(H,15,17). The molecule has 0 aliphatic heterocycles. The lowest BCUT2D eigenvalue weighted by Crippen LogP contribution is -2.32. The fraction of sp³-hybridized carbons (Fsp3) is 0.500. The van der Waals surface area contributed by atoms with Crippen LogP contribution in [0.4, 0.5) is 0 Å².